The number of aliphatic hydroxyl groups is 1. The molecule has 1 heterocycles. The molecule has 0 bridgehead atoms. The predicted molar refractivity (Wildman–Crippen MR) is 147 cm³/mol. The number of anilines is 1. The molecule has 1 N–H and O–H groups in total. The highest BCUT2D eigenvalue weighted by Crippen LogP contribution is 2.43. The van der Waals surface area contributed by atoms with Crippen molar-refractivity contribution < 1.29 is 28.9 Å². The molecule has 1 fully saturated rings. The largest absolute Gasteiger partial charge is 0.507 e. The summed E-state index contributed by atoms with van der Waals surface area (Å²) in [4.78, 5) is 28.4. The third-order valence-electron chi connectivity index (χ3n) is 6.25. The molecule has 198 valence electrons. The average molecular weight is 516 g/mol. The second-order valence-corrected chi connectivity index (χ2v) is 8.93. The van der Waals surface area contributed by atoms with Crippen molar-refractivity contribution in [2.24, 2.45) is 0 Å². The Morgan fingerprint density at radius 3 is 2.21 bits per heavy atom. The van der Waals surface area contributed by atoms with Crippen molar-refractivity contribution in [3.8, 4) is 17.2 Å². The minimum Gasteiger partial charge on any atom is -0.507 e. The maximum atomic E-state index is 13.5. The number of hydrogen-bond donors (Lipinski definition) is 1. The van der Waals surface area contributed by atoms with E-state index in [1.54, 1.807) is 54.6 Å². The molecule has 0 aromatic heterocycles. The van der Waals surface area contributed by atoms with Gasteiger partial charge in [-0.15, -0.1) is 0 Å². The second-order valence-electron chi connectivity index (χ2n) is 8.93. The first-order valence-electron chi connectivity index (χ1n) is 12.9. The van der Waals surface area contributed by atoms with Crippen molar-refractivity contribution >= 4 is 23.1 Å². The Hall–Kier alpha value is -4.26. The zero-order valence-electron chi connectivity index (χ0n) is 22.2. The SMILES string of the molecule is CCCOc1ccc(/C(O)=C2\C(=O)C(=O)N(c3cccc(OCC)c3)C2c2cccc(OCC)c2)cc1C. The molecule has 7 heteroatoms. The van der Waals surface area contributed by atoms with Gasteiger partial charge >= 0.3 is 0 Å². The number of ether oxygens (including phenoxy) is 3. The molecule has 0 radical (unpaired) electrons. The van der Waals surface area contributed by atoms with E-state index in [9.17, 15) is 14.7 Å². The standard InChI is InChI=1S/C31H33NO6/c1-5-16-38-26-15-14-22(17-20(26)4)29(33)27-28(21-10-8-12-24(18-21)36-6-2)32(31(35)30(27)34)23-11-9-13-25(19-23)37-7-3/h8-15,17-19,28,33H,5-7,16H2,1-4H3/b29-27+. The summed E-state index contributed by atoms with van der Waals surface area (Å²) in [5.41, 5.74) is 2.38. The highest BCUT2D eigenvalue weighted by atomic mass is 16.5. The van der Waals surface area contributed by atoms with Crippen LogP contribution in [0.4, 0.5) is 5.69 Å². The van der Waals surface area contributed by atoms with Gasteiger partial charge in [-0.05, 0) is 80.8 Å². The summed E-state index contributed by atoms with van der Waals surface area (Å²) in [7, 11) is 0. The molecule has 38 heavy (non-hydrogen) atoms. The van der Waals surface area contributed by atoms with E-state index < -0.39 is 17.7 Å². The number of carbonyl (C=O) groups excluding carboxylic acids is 2. The second kappa shape index (κ2) is 11.9. The fraction of sp³-hybridized carbons (Fsp3) is 0.290. The summed E-state index contributed by atoms with van der Waals surface area (Å²) in [5.74, 6) is 0.145. The third-order valence-corrected chi connectivity index (χ3v) is 6.25. The van der Waals surface area contributed by atoms with Gasteiger partial charge in [-0.25, -0.2) is 0 Å². The van der Waals surface area contributed by atoms with Crippen LogP contribution in [-0.4, -0.2) is 36.6 Å². The molecule has 0 saturated carbocycles. The summed E-state index contributed by atoms with van der Waals surface area (Å²) in [5, 5.41) is 11.5. The first-order valence-corrected chi connectivity index (χ1v) is 12.9. The van der Waals surface area contributed by atoms with Gasteiger partial charge in [0, 0.05) is 17.3 Å². The number of carbonyl (C=O) groups is 2. The van der Waals surface area contributed by atoms with Gasteiger partial charge in [-0.1, -0.05) is 25.1 Å². The van der Waals surface area contributed by atoms with Gasteiger partial charge in [0.2, 0.25) is 0 Å². The number of hydrogen-bond acceptors (Lipinski definition) is 6. The van der Waals surface area contributed by atoms with Crippen molar-refractivity contribution in [2.45, 2.75) is 40.2 Å². The Kier molecular flexibility index (Phi) is 8.36. The molecule has 1 unspecified atom stereocenters. The van der Waals surface area contributed by atoms with Crippen molar-refractivity contribution in [2.75, 3.05) is 24.7 Å². The molecule has 4 rings (SSSR count). The fourth-order valence-corrected chi connectivity index (χ4v) is 4.57. The van der Waals surface area contributed by atoms with E-state index in [-0.39, 0.29) is 11.3 Å². The van der Waals surface area contributed by atoms with Crippen LogP contribution in [-0.2, 0) is 9.59 Å². The van der Waals surface area contributed by atoms with E-state index in [0.29, 0.717) is 53.9 Å². The molecule has 0 spiro atoms. The average Bonchev–Trinajstić information content (AvgIpc) is 3.18. The topological polar surface area (TPSA) is 85.3 Å². The van der Waals surface area contributed by atoms with Crippen LogP contribution in [0.15, 0.2) is 72.3 Å². The predicted octanol–water partition coefficient (Wildman–Crippen LogP) is 6.21. The number of Topliss-reactive ketones (excluding diaryl/α,β-unsaturated/α-hetero) is 1. The first-order chi connectivity index (χ1) is 18.4. The molecule has 0 aliphatic carbocycles. The smallest absolute Gasteiger partial charge is 0.300 e. The minimum absolute atomic E-state index is 0.00656. The van der Waals surface area contributed by atoms with E-state index in [1.807, 2.05) is 39.8 Å². The van der Waals surface area contributed by atoms with Gasteiger partial charge < -0.3 is 19.3 Å². The fourth-order valence-electron chi connectivity index (χ4n) is 4.57. The molecular weight excluding hydrogens is 482 g/mol. The van der Waals surface area contributed by atoms with Crippen molar-refractivity contribution in [1.82, 2.24) is 0 Å². The molecule has 3 aromatic rings. The Morgan fingerprint density at radius 1 is 0.868 bits per heavy atom. The van der Waals surface area contributed by atoms with Crippen LogP contribution in [0.3, 0.4) is 0 Å². The zero-order chi connectivity index (χ0) is 27.2. The molecule has 3 aromatic carbocycles. The number of amides is 1. The van der Waals surface area contributed by atoms with Crippen LogP contribution in [0.2, 0.25) is 0 Å². The number of aliphatic hydroxyl groups excluding tert-OH is 1. The Morgan fingerprint density at radius 2 is 1.55 bits per heavy atom. The van der Waals surface area contributed by atoms with E-state index in [4.69, 9.17) is 14.2 Å². The summed E-state index contributed by atoms with van der Waals surface area (Å²) in [6.45, 7) is 9.16. The van der Waals surface area contributed by atoms with Crippen LogP contribution in [0.25, 0.3) is 5.76 Å². The van der Waals surface area contributed by atoms with E-state index >= 15 is 0 Å². The lowest BCUT2D eigenvalue weighted by Crippen LogP contribution is -2.29. The van der Waals surface area contributed by atoms with Crippen molar-refractivity contribution in [3.05, 3.63) is 89.0 Å². The number of ketones is 1. The van der Waals surface area contributed by atoms with Crippen LogP contribution >= 0.6 is 0 Å². The van der Waals surface area contributed by atoms with Crippen molar-refractivity contribution in [3.63, 3.8) is 0 Å². The van der Waals surface area contributed by atoms with Gasteiger partial charge in [0.25, 0.3) is 11.7 Å². The summed E-state index contributed by atoms with van der Waals surface area (Å²) < 4.78 is 17.1. The lowest BCUT2D eigenvalue weighted by atomic mass is 9.94. The van der Waals surface area contributed by atoms with Crippen LogP contribution < -0.4 is 19.1 Å². The third kappa shape index (κ3) is 5.37. The van der Waals surface area contributed by atoms with Gasteiger partial charge in [0.05, 0.1) is 31.4 Å². The molecule has 1 atom stereocenters. The van der Waals surface area contributed by atoms with Gasteiger partial charge in [-0.3, -0.25) is 14.5 Å². The Labute approximate surface area is 223 Å². The summed E-state index contributed by atoms with van der Waals surface area (Å²) >= 11 is 0. The Balaban J connectivity index is 1.88. The maximum Gasteiger partial charge on any atom is 0.300 e. The lowest BCUT2D eigenvalue weighted by Gasteiger charge is -2.26. The van der Waals surface area contributed by atoms with Crippen LogP contribution in [0.5, 0.6) is 17.2 Å². The highest BCUT2D eigenvalue weighted by Gasteiger charge is 2.47. The van der Waals surface area contributed by atoms with Crippen LogP contribution in [0.1, 0.15) is 49.9 Å². The molecule has 1 saturated heterocycles. The van der Waals surface area contributed by atoms with E-state index in [2.05, 4.69) is 0 Å². The van der Waals surface area contributed by atoms with E-state index in [0.717, 1.165) is 12.0 Å². The zero-order valence-corrected chi connectivity index (χ0v) is 22.2. The molecular formula is C31H33NO6. The first kappa shape index (κ1) is 26.8. The quantitative estimate of drug-likeness (QED) is 0.196. The molecule has 1 aliphatic heterocycles. The van der Waals surface area contributed by atoms with E-state index in [1.165, 1.54) is 4.90 Å². The maximum absolute atomic E-state index is 13.5. The normalized spacial score (nSPS) is 16.5. The monoisotopic (exact) mass is 515 g/mol. The minimum atomic E-state index is -0.872. The summed E-state index contributed by atoms with van der Waals surface area (Å²) in [6, 6.07) is 18.6. The highest BCUT2D eigenvalue weighted by molar-refractivity contribution is 6.51. The number of rotatable bonds is 10. The van der Waals surface area contributed by atoms with Gasteiger partial charge in [0.15, 0.2) is 0 Å². The number of nitrogens with zero attached hydrogens (tertiary/aromatic N) is 1. The lowest BCUT2D eigenvalue weighted by molar-refractivity contribution is -0.132. The molecule has 7 nitrogen and oxygen atoms in total. The summed E-state index contributed by atoms with van der Waals surface area (Å²) in [6.07, 6.45) is 0.871. The van der Waals surface area contributed by atoms with Gasteiger partial charge in [0.1, 0.15) is 23.0 Å². The Bertz CT molecular complexity index is 1360. The number of benzene rings is 3. The van der Waals surface area contributed by atoms with Crippen molar-refractivity contribution in [1.29, 1.82) is 0 Å². The van der Waals surface area contributed by atoms with Gasteiger partial charge in [-0.2, -0.15) is 0 Å². The molecule has 1 aliphatic rings. The van der Waals surface area contributed by atoms with Crippen LogP contribution in [0, 0.1) is 6.92 Å². The number of aryl methyl sites for hydroxylation is 1. The molecule has 1 amide bonds.